The number of nitrogens with zero attached hydrogens (tertiary/aromatic N) is 1. The van der Waals surface area contributed by atoms with Crippen LogP contribution in [-0.2, 0) is 4.74 Å². The lowest BCUT2D eigenvalue weighted by atomic mass is 10.00. The number of nitrogens with one attached hydrogen (secondary N) is 1. The van der Waals surface area contributed by atoms with Gasteiger partial charge in [-0.2, -0.15) is 0 Å². The average molecular weight is 290 g/mol. The van der Waals surface area contributed by atoms with Crippen molar-refractivity contribution in [1.82, 2.24) is 10.2 Å². The molecule has 0 bridgehead atoms. The average Bonchev–Trinajstić information content (AvgIpc) is 2.43. The van der Waals surface area contributed by atoms with Crippen LogP contribution in [-0.4, -0.2) is 42.3 Å². The van der Waals surface area contributed by atoms with E-state index >= 15 is 0 Å². The lowest BCUT2D eigenvalue weighted by Crippen LogP contribution is -2.52. The highest BCUT2D eigenvalue weighted by molar-refractivity contribution is 5.20. The Balaban J connectivity index is 2.18. The first kappa shape index (κ1) is 16.5. The third kappa shape index (κ3) is 4.80. The molecule has 21 heavy (non-hydrogen) atoms. The molecule has 1 N–H and O–H groups in total. The van der Waals surface area contributed by atoms with Crippen LogP contribution in [0.2, 0.25) is 0 Å². The minimum Gasteiger partial charge on any atom is -0.376 e. The summed E-state index contributed by atoms with van der Waals surface area (Å²) in [6, 6.07) is 11.7. The molecule has 0 spiro atoms. The molecule has 3 nitrogen and oxygen atoms in total. The van der Waals surface area contributed by atoms with E-state index in [4.69, 9.17) is 4.74 Å². The van der Waals surface area contributed by atoms with Crippen LogP contribution in [0.4, 0.5) is 0 Å². The molecule has 0 aromatic heterocycles. The van der Waals surface area contributed by atoms with Gasteiger partial charge >= 0.3 is 0 Å². The van der Waals surface area contributed by atoms with Crippen molar-refractivity contribution in [2.75, 3.05) is 19.7 Å². The molecular formula is C18H30N2O. The summed E-state index contributed by atoms with van der Waals surface area (Å²) in [5.74, 6) is 0. The minimum atomic E-state index is 0.133. The Morgan fingerprint density at radius 3 is 2.52 bits per heavy atom. The quantitative estimate of drug-likeness (QED) is 0.921. The SMILES string of the molecule is CC1CN(C(CNC(C)(C)C)c2ccccc2)C(C)CO1. The van der Waals surface area contributed by atoms with E-state index in [0.29, 0.717) is 18.2 Å². The normalized spacial score (nSPS) is 25.8. The van der Waals surface area contributed by atoms with Crippen LogP contribution in [0, 0.1) is 0 Å². The second kappa shape index (κ2) is 6.91. The molecule has 1 aromatic carbocycles. The maximum atomic E-state index is 5.79. The summed E-state index contributed by atoms with van der Waals surface area (Å²) < 4.78 is 5.79. The molecule has 0 amide bonds. The summed E-state index contributed by atoms with van der Waals surface area (Å²) in [4.78, 5) is 2.59. The van der Waals surface area contributed by atoms with Gasteiger partial charge in [-0.3, -0.25) is 4.90 Å². The van der Waals surface area contributed by atoms with Gasteiger partial charge in [-0.25, -0.2) is 0 Å². The molecule has 1 saturated heterocycles. The topological polar surface area (TPSA) is 24.5 Å². The van der Waals surface area contributed by atoms with Crippen LogP contribution in [0.1, 0.15) is 46.2 Å². The third-order valence-electron chi connectivity index (χ3n) is 4.07. The largest absolute Gasteiger partial charge is 0.376 e. The minimum absolute atomic E-state index is 0.133. The molecule has 0 radical (unpaired) electrons. The number of hydrogen-bond acceptors (Lipinski definition) is 3. The van der Waals surface area contributed by atoms with E-state index in [0.717, 1.165) is 19.7 Å². The maximum absolute atomic E-state index is 5.79. The van der Waals surface area contributed by atoms with Crippen LogP contribution in [0.3, 0.4) is 0 Å². The number of hydrogen-bond donors (Lipinski definition) is 1. The van der Waals surface area contributed by atoms with Gasteiger partial charge in [0, 0.05) is 30.7 Å². The highest BCUT2D eigenvalue weighted by Gasteiger charge is 2.31. The fourth-order valence-corrected chi connectivity index (χ4v) is 2.87. The fraction of sp³-hybridized carbons (Fsp3) is 0.667. The van der Waals surface area contributed by atoms with E-state index in [1.165, 1.54) is 5.56 Å². The lowest BCUT2D eigenvalue weighted by Gasteiger charge is -2.43. The summed E-state index contributed by atoms with van der Waals surface area (Å²) in [5, 5.41) is 3.67. The predicted molar refractivity (Wildman–Crippen MR) is 88.5 cm³/mol. The molecule has 2 rings (SSSR count). The molecule has 3 unspecified atom stereocenters. The molecule has 0 saturated carbocycles. The van der Waals surface area contributed by atoms with Gasteiger partial charge in [0.2, 0.25) is 0 Å². The van der Waals surface area contributed by atoms with Crippen molar-refractivity contribution in [3.63, 3.8) is 0 Å². The van der Waals surface area contributed by atoms with Crippen LogP contribution >= 0.6 is 0 Å². The first-order chi connectivity index (χ1) is 9.87. The Bertz CT molecular complexity index is 427. The molecule has 0 aliphatic carbocycles. The molecule has 1 aliphatic rings. The second-order valence-corrected chi connectivity index (χ2v) is 7.25. The van der Waals surface area contributed by atoms with Gasteiger partial charge in [-0.05, 0) is 40.2 Å². The van der Waals surface area contributed by atoms with E-state index < -0.39 is 0 Å². The Kier molecular flexibility index (Phi) is 5.42. The van der Waals surface area contributed by atoms with Crippen molar-refractivity contribution in [2.24, 2.45) is 0 Å². The van der Waals surface area contributed by atoms with Gasteiger partial charge in [0.05, 0.1) is 12.7 Å². The first-order valence-electron chi connectivity index (χ1n) is 8.04. The highest BCUT2D eigenvalue weighted by atomic mass is 16.5. The van der Waals surface area contributed by atoms with E-state index in [2.05, 4.69) is 75.2 Å². The van der Waals surface area contributed by atoms with Crippen molar-refractivity contribution >= 4 is 0 Å². The standard InChI is InChI=1S/C18H30N2O/c1-14-13-21-15(2)12-20(14)17(11-19-18(3,4)5)16-9-7-6-8-10-16/h6-10,14-15,17,19H,11-13H2,1-5H3. The zero-order chi connectivity index (χ0) is 15.5. The predicted octanol–water partition coefficient (Wildman–Crippen LogP) is 3.23. The molecule has 3 heteroatoms. The molecule has 1 heterocycles. The van der Waals surface area contributed by atoms with E-state index in [9.17, 15) is 0 Å². The maximum Gasteiger partial charge on any atom is 0.0675 e. The molecule has 1 fully saturated rings. The monoisotopic (exact) mass is 290 g/mol. The van der Waals surface area contributed by atoms with Crippen LogP contribution in [0.25, 0.3) is 0 Å². The van der Waals surface area contributed by atoms with E-state index in [1.54, 1.807) is 0 Å². The summed E-state index contributed by atoms with van der Waals surface area (Å²) in [5.41, 5.74) is 1.52. The Labute approximate surface area is 129 Å². The van der Waals surface area contributed by atoms with Gasteiger partial charge in [-0.1, -0.05) is 30.3 Å². The van der Waals surface area contributed by atoms with Crippen molar-refractivity contribution in [3.05, 3.63) is 35.9 Å². The number of benzene rings is 1. The van der Waals surface area contributed by atoms with Crippen LogP contribution in [0.15, 0.2) is 30.3 Å². The Morgan fingerprint density at radius 1 is 1.24 bits per heavy atom. The summed E-state index contributed by atoms with van der Waals surface area (Å²) in [6.07, 6.45) is 0.307. The molecule has 1 aliphatic heterocycles. The lowest BCUT2D eigenvalue weighted by molar-refractivity contribution is -0.0670. The smallest absolute Gasteiger partial charge is 0.0675 e. The van der Waals surface area contributed by atoms with Gasteiger partial charge < -0.3 is 10.1 Å². The Hall–Kier alpha value is -0.900. The fourth-order valence-electron chi connectivity index (χ4n) is 2.87. The number of ether oxygens (including phenoxy) is 1. The Morgan fingerprint density at radius 2 is 1.90 bits per heavy atom. The zero-order valence-corrected chi connectivity index (χ0v) is 14.1. The number of morpholine rings is 1. The summed E-state index contributed by atoms with van der Waals surface area (Å²) in [6.45, 7) is 13.9. The van der Waals surface area contributed by atoms with Gasteiger partial charge in [0.1, 0.15) is 0 Å². The zero-order valence-electron chi connectivity index (χ0n) is 14.1. The molecule has 3 atom stereocenters. The van der Waals surface area contributed by atoms with Crippen molar-refractivity contribution in [3.8, 4) is 0 Å². The molecule has 1 aromatic rings. The first-order valence-corrected chi connectivity index (χ1v) is 8.04. The summed E-state index contributed by atoms with van der Waals surface area (Å²) in [7, 11) is 0. The van der Waals surface area contributed by atoms with E-state index in [-0.39, 0.29) is 5.54 Å². The number of rotatable bonds is 4. The van der Waals surface area contributed by atoms with Gasteiger partial charge in [-0.15, -0.1) is 0 Å². The molecular weight excluding hydrogens is 260 g/mol. The third-order valence-corrected chi connectivity index (χ3v) is 4.07. The highest BCUT2D eigenvalue weighted by Crippen LogP contribution is 2.26. The van der Waals surface area contributed by atoms with E-state index in [1.807, 2.05) is 0 Å². The summed E-state index contributed by atoms with van der Waals surface area (Å²) >= 11 is 0. The van der Waals surface area contributed by atoms with Crippen LogP contribution < -0.4 is 5.32 Å². The van der Waals surface area contributed by atoms with Gasteiger partial charge in [0.15, 0.2) is 0 Å². The van der Waals surface area contributed by atoms with Crippen molar-refractivity contribution in [2.45, 2.75) is 58.3 Å². The van der Waals surface area contributed by atoms with Crippen LogP contribution in [0.5, 0.6) is 0 Å². The molecule has 118 valence electrons. The van der Waals surface area contributed by atoms with Crippen molar-refractivity contribution < 1.29 is 4.74 Å². The van der Waals surface area contributed by atoms with Crippen molar-refractivity contribution in [1.29, 1.82) is 0 Å². The van der Waals surface area contributed by atoms with Gasteiger partial charge in [0.25, 0.3) is 0 Å². The second-order valence-electron chi connectivity index (χ2n) is 7.25.